The molecule has 0 fully saturated rings. The number of carbonyl (C=O) groups excluding carboxylic acids is 9. The first-order valence-electron chi connectivity index (χ1n) is 43.9. The number of aryl methyl sites for hydroxylation is 8. The molecule has 0 aliphatic heterocycles. The zero-order chi connectivity index (χ0) is 96.5. The van der Waals surface area contributed by atoms with Gasteiger partial charge in [-0.15, -0.1) is 0 Å². The Bertz CT molecular complexity index is 5740. The summed E-state index contributed by atoms with van der Waals surface area (Å²) < 4.78 is 79.9. The van der Waals surface area contributed by atoms with Crippen LogP contribution in [0.25, 0.3) is 22.0 Å². The molecule has 0 bridgehead atoms. The van der Waals surface area contributed by atoms with E-state index in [1.54, 1.807) is 110 Å². The van der Waals surface area contributed by atoms with Gasteiger partial charge in [-0.3, -0.25) is 47.9 Å². The number of amides is 9. The molecule has 0 saturated carbocycles. The number of benzene rings is 3. The molecule has 0 saturated heterocycles. The summed E-state index contributed by atoms with van der Waals surface area (Å²) >= 11 is 0. The SMILES string of the molecule is Cc1cc(F)cc(C)c1Oc1ccc(C(C)(O)CCC(C)CCNC(=O)CCNC(=O)c2nc(NC(=O)CCNC(=O)c3cc(NC(=O)c4nc(NC(=O)CCNC(=O)c5cc(NC(=O)c6nccn6C)cn5C)cn4C)cn3C)cn2C)cc1-c1cn(C)c(=O)c2[nH]c(C(=O)Nc3ccc(OCCOCCOCCOCCOCCOCCOCCOCCOC(C)C)c(O)c3)cc12. The Balaban J connectivity index is 0.612. The maximum absolute atomic E-state index is 14.7. The number of aromatic amines is 1. The number of H-pyrrole nitrogens is 1. The van der Waals surface area contributed by atoms with Crippen molar-refractivity contribution >= 4 is 92.8 Å². The number of fused-ring (bicyclic) bond motifs is 1. The number of imidazole rings is 3. The molecule has 0 spiro atoms. The molecule has 7 heterocycles. The number of phenols is 1. The minimum atomic E-state index is -1.45. The Hall–Kier alpha value is -13.5. The van der Waals surface area contributed by atoms with Crippen molar-refractivity contribution in [3.05, 3.63) is 178 Å². The maximum Gasteiger partial charge on any atom is 0.291 e. The molecule has 7 aromatic heterocycles. The van der Waals surface area contributed by atoms with E-state index in [2.05, 4.69) is 67.8 Å². The third-order valence-electron chi connectivity index (χ3n) is 21.1. The van der Waals surface area contributed by atoms with Gasteiger partial charge in [-0.1, -0.05) is 13.0 Å². The van der Waals surface area contributed by atoms with Crippen LogP contribution in [-0.4, -0.2) is 249 Å². The fourth-order valence-electron chi connectivity index (χ4n) is 13.9. The number of phenolic OH excluding ortho intramolecular Hbond substituents is 1. The minimum absolute atomic E-state index is 0.000311. The number of ether oxygens (including phenoxy) is 10. The van der Waals surface area contributed by atoms with Gasteiger partial charge < -0.3 is 138 Å². The van der Waals surface area contributed by atoms with E-state index in [1.807, 2.05) is 20.8 Å². The molecule has 12 N–H and O–H groups in total. The Morgan fingerprint density at radius 3 is 1.48 bits per heavy atom. The topological polar surface area (TPSA) is 496 Å². The molecule has 3 aromatic carbocycles. The van der Waals surface area contributed by atoms with E-state index >= 15 is 0 Å². The molecule has 0 aliphatic carbocycles. The van der Waals surface area contributed by atoms with E-state index in [0.717, 1.165) is 0 Å². The first-order valence-corrected chi connectivity index (χ1v) is 43.9. The van der Waals surface area contributed by atoms with Crippen molar-refractivity contribution in [3.8, 4) is 34.1 Å². The molecule has 0 radical (unpaired) electrons. The highest BCUT2D eigenvalue weighted by Crippen LogP contribution is 2.43. The van der Waals surface area contributed by atoms with E-state index in [4.69, 9.17) is 47.4 Å². The summed E-state index contributed by atoms with van der Waals surface area (Å²) in [4.78, 5) is 148. The van der Waals surface area contributed by atoms with E-state index in [9.17, 15) is 62.5 Å². The summed E-state index contributed by atoms with van der Waals surface area (Å²) in [6.07, 6.45) is 11.8. The van der Waals surface area contributed by atoms with Crippen LogP contribution in [0.3, 0.4) is 0 Å². The number of carbonyl (C=O) groups is 9. The van der Waals surface area contributed by atoms with Gasteiger partial charge in [0.1, 0.15) is 46.5 Å². The van der Waals surface area contributed by atoms with Gasteiger partial charge in [-0.2, -0.15) is 0 Å². The molecule has 10 aromatic rings. The molecule has 2 unspecified atom stereocenters. The lowest BCUT2D eigenvalue weighted by molar-refractivity contribution is -0.121. The Morgan fingerprint density at radius 2 is 0.963 bits per heavy atom. The average molecular weight is 1860 g/mol. The number of nitrogens with one attached hydrogen (secondary N) is 10. The second-order valence-corrected chi connectivity index (χ2v) is 32.3. The van der Waals surface area contributed by atoms with Crippen molar-refractivity contribution in [1.82, 2.24) is 68.6 Å². The van der Waals surface area contributed by atoms with Gasteiger partial charge in [-0.05, 0) is 131 Å². The van der Waals surface area contributed by atoms with Crippen LogP contribution in [0.4, 0.5) is 33.1 Å². The van der Waals surface area contributed by atoms with Crippen molar-refractivity contribution in [3.63, 3.8) is 0 Å². The molecule has 722 valence electrons. The highest BCUT2D eigenvalue weighted by molar-refractivity contribution is 6.09. The third-order valence-corrected chi connectivity index (χ3v) is 21.1. The average Bonchev–Trinajstić information content (AvgIpc) is 1.55. The highest BCUT2D eigenvalue weighted by Gasteiger charge is 2.30. The van der Waals surface area contributed by atoms with Crippen LogP contribution in [0.15, 0.2) is 115 Å². The van der Waals surface area contributed by atoms with Crippen molar-refractivity contribution in [2.24, 2.45) is 48.2 Å². The standard InChI is InChI=1S/C92H120FN19O22/c1-57(2)132-43-41-130-39-37-128-35-33-126-31-29-125-30-32-127-34-36-129-38-40-131-42-44-133-74-16-14-63(50-72(74)113)99-85(117)69-51-67-68(54-112(12)91(123)80(67)102-69)66-47-61(13-15-73(66)134-81-59(4)45-62(93)46-60(81)5)92(6,124)22-17-58(3)18-23-94-77(114)19-24-98-88(120)83-105-75(55-110(83)10)103-78(115)20-25-97-87(119)71-49-65(53-109(71)9)101-90(122)84-106-76(56-111(84)11)104-79(116)21-26-96-86(118)70-48-64(52-108(70)8)100-89(121)82-95-27-28-107(82)7/h13-16,27-28,45-58,102,113,124H,17-26,29-44H2,1-12H3,(H,94,114)(H,96,118)(H,97,119)(H,98,120)(H,99,117)(H,100,121)(H,101,122)(H,103,115)(H,104,116). The quantitative estimate of drug-likeness (QED) is 0.0162. The summed E-state index contributed by atoms with van der Waals surface area (Å²) in [6.45, 7) is 17.6. The predicted octanol–water partition coefficient (Wildman–Crippen LogP) is 7.81. The number of nitrogens with zero attached hydrogens (tertiary/aromatic N) is 9. The lowest BCUT2D eigenvalue weighted by Crippen LogP contribution is -2.32. The summed E-state index contributed by atoms with van der Waals surface area (Å²) in [6, 6.07) is 16.7. The number of hydrogen-bond acceptors (Lipinski definition) is 25. The first kappa shape index (κ1) is 103. The first-order chi connectivity index (χ1) is 64.2. The normalized spacial score (nSPS) is 12.1. The summed E-state index contributed by atoms with van der Waals surface area (Å²) in [5.74, 6) is -4.42. The lowest BCUT2D eigenvalue weighted by atomic mass is 9.85. The second kappa shape index (κ2) is 50.4. The molecule has 0 aliphatic rings. The fourth-order valence-corrected chi connectivity index (χ4v) is 13.9. The van der Waals surface area contributed by atoms with Crippen molar-refractivity contribution in [2.45, 2.75) is 91.8 Å². The molecule has 2 atom stereocenters. The monoisotopic (exact) mass is 1860 g/mol. The number of hydrogen-bond donors (Lipinski definition) is 12. The Kier molecular flexibility index (Phi) is 38.6. The molecule has 9 amide bonds. The largest absolute Gasteiger partial charge is 0.504 e. The van der Waals surface area contributed by atoms with Gasteiger partial charge in [0.05, 0.1) is 122 Å². The summed E-state index contributed by atoms with van der Waals surface area (Å²) in [5, 5.41) is 47.9. The van der Waals surface area contributed by atoms with Crippen LogP contribution >= 0.6 is 0 Å². The van der Waals surface area contributed by atoms with Gasteiger partial charge in [0.2, 0.25) is 29.4 Å². The molecule has 42 heteroatoms. The number of aliphatic hydroxyl groups is 1. The van der Waals surface area contributed by atoms with Crippen molar-refractivity contribution in [2.75, 3.05) is 158 Å². The second-order valence-electron chi connectivity index (χ2n) is 32.3. The number of rotatable bonds is 56. The smallest absolute Gasteiger partial charge is 0.291 e. The van der Waals surface area contributed by atoms with Gasteiger partial charge in [0.15, 0.2) is 29.0 Å². The number of halogens is 1. The highest BCUT2D eigenvalue weighted by atomic mass is 19.1. The Labute approximate surface area is 773 Å². The van der Waals surface area contributed by atoms with Crippen molar-refractivity contribution in [1.29, 1.82) is 0 Å². The molecular formula is C92H120FN19O22. The van der Waals surface area contributed by atoms with Crippen molar-refractivity contribution < 1.29 is 105 Å². The van der Waals surface area contributed by atoms with E-state index in [-0.39, 0.29) is 151 Å². The maximum atomic E-state index is 14.7. The fraction of sp³-hybridized carbons (Fsp3) is 0.446. The van der Waals surface area contributed by atoms with Crippen LogP contribution in [-0.2, 0) is 100 Å². The van der Waals surface area contributed by atoms with Crippen LogP contribution in [0.1, 0.15) is 146 Å². The van der Waals surface area contributed by atoms with Crippen LogP contribution in [0, 0.1) is 25.6 Å². The number of pyridine rings is 1. The number of aromatic nitrogens is 10. The predicted molar refractivity (Wildman–Crippen MR) is 493 cm³/mol. The molecular weight excluding hydrogens is 1740 g/mol. The zero-order valence-corrected chi connectivity index (χ0v) is 77.4. The Morgan fingerprint density at radius 1 is 0.478 bits per heavy atom. The van der Waals surface area contributed by atoms with Gasteiger partial charge in [0, 0.05) is 159 Å². The van der Waals surface area contributed by atoms with E-state index in [0.29, 0.717) is 162 Å². The van der Waals surface area contributed by atoms with Gasteiger partial charge in [-0.25, -0.2) is 19.3 Å². The zero-order valence-electron chi connectivity index (χ0n) is 77.4. The van der Waals surface area contributed by atoms with Gasteiger partial charge in [0.25, 0.3) is 41.0 Å². The van der Waals surface area contributed by atoms with Gasteiger partial charge >= 0.3 is 0 Å². The van der Waals surface area contributed by atoms with Crippen LogP contribution < -0.4 is 62.9 Å². The van der Waals surface area contributed by atoms with E-state index < -0.39 is 64.2 Å². The molecule has 41 nitrogen and oxygen atoms in total. The van der Waals surface area contributed by atoms with Crippen LogP contribution in [0.2, 0.25) is 0 Å². The number of aromatic hydroxyl groups is 1. The lowest BCUT2D eigenvalue weighted by Gasteiger charge is -2.27. The van der Waals surface area contributed by atoms with Crippen LogP contribution in [0.5, 0.6) is 23.0 Å². The third kappa shape index (κ3) is 30.8. The minimum Gasteiger partial charge on any atom is -0.504 e. The van der Waals surface area contributed by atoms with E-state index in [1.165, 1.54) is 90.1 Å². The number of anilines is 5. The molecule has 10 rings (SSSR count). The molecule has 134 heavy (non-hydrogen) atoms. The summed E-state index contributed by atoms with van der Waals surface area (Å²) in [5.41, 5.74) is 1.82. The summed E-state index contributed by atoms with van der Waals surface area (Å²) in [7, 11) is 9.56.